The molecule has 1 aliphatic heterocycles. The molecule has 1 saturated heterocycles. The molecule has 0 bridgehead atoms. The molecule has 1 atom stereocenters. The molecule has 1 rings (SSSR count). The average molecular weight is 341 g/mol. The van der Waals surface area contributed by atoms with Crippen LogP contribution in [0.3, 0.4) is 0 Å². The first-order chi connectivity index (χ1) is 11.1. The fourth-order valence-corrected chi connectivity index (χ4v) is 2.63. The lowest BCUT2D eigenvalue weighted by atomic mass is 9.90. The van der Waals surface area contributed by atoms with Crippen molar-refractivity contribution in [3.05, 3.63) is 0 Å². The molecule has 0 N–H and O–H groups in total. The van der Waals surface area contributed by atoms with Crippen molar-refractivity contribution in [1.29, 1.82) is 0 Å². The Morgan fingerprint density at radius 1 is 1.17 bits per heavy atom. The van der Waals surface area contributed by atoms with E-state index in [1.807, 2.05) is 0 Å². The Bertz CT molecular complexity index is 453. The van der Waals surface area contributed by atoms with Crippen molar-refractivity contribution in [1.82, 2.24) is 4.90 Å². The minimum atomic E-state index is -0.551. The second kappa shape index (κ2) is 9.04. The molecule has 0 aromatic rings. The molecule has 0 radical (unpaired) electrons. The highest BCUT2D eigenvalue weighted by molar-refractivity contribution is 5.85. The predicted octanol–water partition coefficient (Wildman–Crippen LogP) is 2.89. The molecule has 1 aliphatic rings. The summed E-state index contributed by atoms with van der Waals surface area (Å²) in [5.74, 6) is -1.17. The Morgan fingerprint density at radius 3 is 2.42 bits per heavy atom. The van der Waals surface area contributed by atoms with E-state index < -0.39 is 24.8 Å². The molecular weight excluding hydrogens is 310 g/mol. The summed E-state index contributed by atoms with van der Waals surface area (Å²) in [6.07, 6.45) is 3.61. The van der Waals surface area contributed by atoms with Gasteiger partial charge in [0, 0.05) is 13.0 Å². The normalized spacial score (nSPS) is 17.9. The van der Waals surface area contributed by atoms with E-state index >= 15 is 0 Å². The van der Waals surface area contributed by atoms with Gasteiger partial charge in [-0.2, -0.15) is 0 Å². The van der Waals surface area contributed by atoms with Crippen molar-refractivity contribution in [2.24, 2.45) is 11.3 Å². The Labute approximate surface area is 144 Å². The molecule has 0 saturated carbocycles. The van der Waals surface area contributed by atoms with Crippen LogP contribution in [0.5, 0.6) is 0 Å². The third kappa shape index (κ3) is 6.89. The van der Waals surface area contributed by atoms with Crippen LogP contribution < -0.4 is 0 Å². The Kier molecular flexibility index (Phi) is 7.70. The summed E-state index contributed by atoms with van der Waals surface area (Å²) in [5.41, 5.74) is 0.198. The van der Waals surface area contributed by atoms with E-state index in [0.717, 1.165) is 19.3 Å². The number of esters is 2. The van der Waals surface area contributed by atoms with Crippen LogP contribution in [-0.4, -0.2) is 42.1 Å². The summed E-state index contributed by atoms with van der Waals surface area (Å²) in [7, 11) is 0. The molecule has 0 aromatic carbocycles. The summed E-state index contributed by atoms with van der Waals surface area (Å²) >= 11 is 0. The monoisotopic (exact) mass is 341 g/mol. The van der Waals surface area contributed by atoms with Gasteiger partial charge in [-0.1, -0.05) is 34.6 Å². The van der Waals surface area contributed by atoms with Crippen LogP contribution in [0.25, 0.3) is 0 Å². The number of likely N-dealkylation sites (tertiary alicyclic amines) is 1. The predicted molar refractivity (Wildman–Crippen MR) is 89.9 cm³/mol. The summed E-state index contributed by atoms with van der Waals surface area (Å²) in [6, 6.07) is -0.551. The molecule has 1 unspecified atom stereocenters. The first-order valence-electron chi connectivity index (χ1n) is 8.74. The Balaban J connectivity index is 2.42. The highest BCUT2D eigenvalue weighted by atomic mass is 16.7. The lowest BCUT2D eigenvalue weighted by molar-refractivity contribution is -0.173. The number of carbonyl (C=O) groups excluding carboxylic acids is 3. The van der Waals surface area contributed by atoms with Gasteiger partial charge in [0.05, 0.1) is 5.92 Å². The molecule has 6 heteroatoms. The van der Waals surface area contributed by atoms with Crippen molar-refractivity contribution in [3.8, 4) is 0 Å². The first-order valence-corrected chi connectivity index (χ1v) is 8.74. The number of hydrogen-bond donors (Lipinski definition) is 0. The molecule has 138 valence electrons. The van der Waals surface area contributed by atoms with E-state index in [1.165, 1.54) is 0 Å². The molecule has 1 heterocycles. The first kappa shape index (κ1) is 20.5. The SMILES string of the molecule is CC(C)C(=O)OCOC(=O)C1CCCN1C(=O)CCCC(C)(C)C. The number of amides is 1. The fourth-order valence-electron chi connectivity index (χ4n) is 2.63. The zero-order valence-corrected chi connectivity index (χ0v) is 15.6. The smallest absolute Gasteiger partial charge is 0.331 e. The molecule has 1 amide bonds. The van der Waals surface area contributed by atoms with Crippen LogP contribution in [0.4, 0.5) is 0 Å². The summed E-state index contributed by atoms with van der Waals surface area (Å²) < 4.78 is 9.86. The minimum Gasteiger partial charge on any atom is -0.428 e. The largest absolute Gasteiger partial charge is 0.428 e. The number of rotatable bonds is 7. The molecular formula is C18H31NO5. The van der Waals surface area contributed by atoms with Gasteiger partial charge in [-0.15, -0.1) is 0 Å². The Morgan fingerprint density at radius 2 is 1.83 bits per heavy atom. The van der Waals surface area contributed by atoms with Gasteiger partial charge in [-0.05, 0) is 31.1 Å². The second-order valence-corrected chi connectivity index (χ2v) is 7.86. The van der Waals surface area contributed by atoms with Crippen LogP contribution in [0.2, 0.25) is 0 Å². The van der Waals surface area contributed by atoms with Gasteiger partial charge < -0.3 is 14.4 Å². The molecule has 0 aromatic heterocycles. The van der Waals surface area contributed by atoms with Crippen molar-refractivity contribution >= 4 is 17.8 Å². The van der Waals surface area contributed by atoms with Crippen molar-refractivity contribution in [2.75, 3.05) is 13.3 Å². The highest BCUT2D eigenvalue weighted by Crippen LogP contribution is 2.24. The number of ether oxygens (including phenoxy) is 2. The van der Waals surface area contributed by atoms with Gasteiger partial charge in [-0.3, -0.25) is 9.59 Å². The number of carbonyl (C=O) groups is 3. The van der Waals surface area contributed by atoms with Crippen LogP contribution in [0, 0.1) is 11.3 Å². The van der Waals surface area contributed by atoms with Gasteiger partial charge in [0.2, 0.25) is 12.7 Å². The topological polar surface area (TPSA) is 72.9 Å². The fraction of sp³-hybridized carbons (Fsp3) is 0.833. The van der Waals surface area contributed by atoms with Gasteiger partial charge in [-0.25, -0.2) is 4.79 Å². The van der Waals surface area contributed by atoms with Gasteiger partial charge >= 0.3 is 11.9 Å². The lowest BCUT2D eigenvalue weighted by Gasteiger charge is -2.24. The number of nitrogens with zero attached hydrogens (tertiary/aromatic N) is 1. The zero-order chi connectivity index (χ0) is 18.3. The van der Waals surface area contributed by atoms with Gasteiger partial charge in [0.25, 0.3) is 0 Å². The quantitative estimate of drug-likeness (QED) is 0.526. The average Bonchev–Trinajstić information content (AvgIpc) is 2.94. The maximum absolute atomic E-state index is 12.4. The van der Waals surface area contributed by atoms with Crippen LogP contribution >= 0.6 is 0 Å². The van der Waals surface area contributed by atoms with E-state index in [1.54, 1.807) is 18.7 Å². The van der Waals surface area contributed by atoms with Crippen LogP contribution in [0.15, 0.2) is 0 Å². The van der Waals surface area contributed by atoms with Crippen molar-refractivity contribution in [3.63, 3.8) is 0 Å². The zero-order valence-electron chi connectivity index (χ0n) is 15.6. The maximum atomic E-state index is 12.4. The van der Waals surface area contributed by atoms with E-state index in [4.69, 9.17) is 9.47 Å². The summed E-state index contributed by atoms with van der Waals surface area (Å²) in [4.78, 5) is 37.4. The minimum absolute atomic E-state index is 0.00197. The number of hydrogen-bond acceptors (Lipinski definition) is 5. The van der Waals surface area contributed by atoms with Gasteiger partial charge in [0.15, 0.2) is 0 Å². The Hall–Kier alpha value is -1.59. The van der Waals surface area contributed by atoms with Crippen molar-refractivity contribution in [2.45, 2.75) is 72.8 Å². The van der Waals surface area contributed by atoms with E-state index in [2.05, 4.69) is 20.8 Å². The molecule has 0 aliphatic carbocycles. The van der Waals surface area contributed by atoms with Crippen molar-refractivity contribution < 1.29 is 23.9 Å². The van der Waals surface area contributed by atoms with E-state index in [0.29, 0.717) is 19.4 Å². The molecule has 24 heavy (non-hydrogen) atoms. The van der Waals surface area contributed by atoms with E-state index in [-0.39, 0.29) is 17.2 Å². The lowest BCUT2D eigenvalue weighted by Crippen LogP contribution is -2.41. The molecule has 1 fully saturated rings. The highest BCUT2D eigenvalue weighted by Gasteiger charge is 2.35. The van der Waals surface area contributed by atoms with Crippen LogP contribution in [0.1, 0.15) is 66.7 Å². The maximum Gasteiger partial charge on any atom is 0.331 e. The summed E-state index contributed by atoms with van der Waals surface area (Å²) in [5, 5.41) is 0. The van der Waals surface area contributed by atoms with Gasteiger partial charge in [0.1, 0.15) is 6.04 Å². The molecule has 0 spiro atoms. The third-order valence-corrected chi connectivity index (χ3v) is 4.04. The molecule has 6 nitrogen and oxygen atoms in total. The standard InChI is InChI=1S/C18H31NO5/c1-13(2)16(21)23-12-24-17(22)14-8-7-11-19(14)15(20)9-6-10-18(3,4)5/h13-14H,6-12H2,1-5H3. The third-order valence-electron chi connectivity index (χ3n) is 4.04. The second-order valence-electron chi connectivity index (χ2n) is 7.86. The van der Waals surface area contributed by atoms with E-state index in [9.17, 15) is 14.4 Å². The van der Waals surface area contributed by atoms with Crippen LogP contribution in [-0.2, 0) is 23.9 Å². The summed E-state index contributed by atoms with van der Waals surface area (Å²) in [6.45, 7) is 10.0.